The maximum Gasteiger partial charge on any atom is 0.417 e. The molecule has 5 rings (SSSR count). The fourth-order valence-corrected chi connectivity index (χ4v) is 8.85. The zero-order chi connectivity index (χ0) is 34.1. The highest BCUT2D eigenvalue weighted by Gasteiger charge is 2.41. The molecule has 2 aliphatic heterocycles. The molecule has 2 fully saturated rings. The number of piperidine rings is 1. The minimum atomic E-state index is -5.08. The SMILES string of the molecule is CN(C)c1ccc(C(=O)N2CCC[C@H]2C(=O)N2CCC(NS(=O)(=O)c3cc(S(=O)(=O)c4ccccc4)ccc3C(F)(F)F)CC2)cc1. The fraction of sp³-hybridized carbons (Fsp3) is 0.375. The number of carbonyl (C=O) groups excluding carboxylic acids is 2. The number of alkyl halides is 3. The summed E-state index contributed by atoms with van der Waals surface area (Å²) in [7, 11) is -5.38. The minimum Gasteiger partial charge on any atom is -0.378 e. The van der Waals surface area contributed by atoms with Gasteiger partial charge in [-0.05, 0) is 80.3 Å². The summed E-state index contributed by atoms with van der Waals surface area (Å²) in [6, 6.07) is 14.3. The molecule has 15 heteroatoms. The van der Waals surface area contributed by atoms with E-state index in [0.717, 1.165) is 11.8 Å². The molecule has 2 amide bonds. The van der Waals surface area contributed by atoms with Crippen LogP contribution in [0.2, 0.25) is 0 Å². The van der Waals surface area contributed by atoms with Gasteiger partial charge in [-0.3, -0.25) is 9.59 Å². The van der Waals surface area contributed by atoms with Gasteiger partial charge in [-0.25, -0.2) is 21.6 Å². The Balaban J connectivity index is 1.28. The lowest BCUT2D eigenvalue weighted by Crippen LogP contribution is -2.52. The van der Waals surface area contributed by atoms with Crippen LogP contribution < -0.4 is 9.62 Å². The molecular weight excluding hydrogens is 658 g/mol. The van der Waals surface area contributed by atoms with Crippen LogP contribution >= 0.6 is 0 Å². The Morgan fingerprint density at radius 2 is 1.47 bits per heavy atom. The van der Waals surface area contributed by atoms with Crippen LogP contribution in [0.3, 0.4) is 0 Å². The molecule has 252 valence electrons. The van der Waals surface area contributed by atoms with E-state index in [2.05, 4.69) is 4.72 Å². The number of halogens is 3. The van der Waals surface area contributed by atoms with E-state index < -0.39 is 53.5 Å². The molecule has 0 spiro atoms. The number of sulfonamides is 1. The molecule has 2 aliphatic rings. The van der Waals surface area contributed by atoms with E-state index in [-0.39, 0.29) is 42.6 Å². The summed E-state index contributed by atoms with van der Waals surface area (Å²) in [5.74, 6) is -0.522. The van der Waals surface area contributed by atoms with Crippen LogP contribution in [-0.2, 0) is 30.8 Å². The Bertz CT molecular complexity index is 1840. The van der Waals surface area contributed by atoms with Gasteiger partial charge in [0.2, 0.25) is 25.8 Å². The van der Waals surface area contributed by atoms with E-state index in [0.29, 0.717) is 37.1 Å². The molecule has 0 aromatic heterocycles. The average molecular weight is 693 g/mol. The van der Waals surface area contributed by atoms with Crippen molar-refractivity contribution in [2.24, 2.45) is 0 Å². The molecule has 0 bridgehead atoms. The third-order valence-corrected chi connectivity index (χ3v) is 11.8. The molecule has 0 radical (unpaired) electrons. The first-order chi connectivity index (χ1) is 22.1. The smallest absolute Gasteiger partial charge is 0.378 e. The molecule has 3 aromatic carbocycles. The number of amides is 2. The number of likely N-dealkylation sites (tertiary alicyclic amines) is 2. The average Bonchev–Trinajstić information content (AvgIpc) is 3.54. The van der Waals surface area contributed by atoms with Crippen LogP contribution in [0.4, 0.5) is 18.9 Å². The zero-order valence-corrected chi connectivity index (χ0v) is 27.4. The molecule has 0 saturated carbocycles. The number of hydrogen-bond acceptors (Lipinski definition) is 7. The van der Waals surface area contributed by atoms with Crippen LogP contribution in [0.1, 0.15) is 41.6 Å². The number of carbonyl (C=O) groups is 2. The molecule has 3 aromatic rings. The fourth-order valence-electron chi connectivity index (χ4n) is 5.91. The van der Waals surface area contributed by atoms with E-state index in [1.54, 1.807) is 28.0 Å². The summed E-state index contributed by atoms with van der Waals surface area (Å²) in [5.41, 5.74) is -0.108. The molecular formula is C32H35F3N4O6S2. The van der Waals surface area contributed by atoms with Crippen molar-refractivity contribution >= 4 is 37.4 Å². The van der Waals surface area contributed by atoms with Gasteiger partial charge >= 0.3 is 6.18 Å². The normalized spacial score (nSPS) is 17.9. The van der Waals surface area contributed by atoms with Crippen molar-refractivity contribution < 1.29 is 39.6 Å². The number of rotatable bonds is 8. The van der Waals surface area contributed by atoms with Crippen molar-refractivity contribution in [2.75, 3.05) is 38.6 Å². The summed E-state index contributed by atoms with van der Waals surface area (Å²) in [6.07, 6.45) is -3.72. The first-order valence-electron chi connectivity index (χ1n) is 15.0. The Morgan fingerprint density at radius 3 is 2.06 bits per heavy atom. The van der Waals surface area contributed by atoms with Crippen molar-refractivity contribution in [2.45, 2.75) is 58.6 Å². The van der Waals surface area contributed by atoms with Gasteiger partial charge in [-0.1, -0.05) is 18.2 Å². The lowest BCUT2D eigenvalue weighted by Gasteiger charge is -2.35. The van der Waals surface area contributed by atoms with Crippen LogP contribution in [0.25, 0.3) is 0 Å². The number of hydrogen-bond donors (Lipinski definition) is 1. The van der Waals surface area contributed by atoms with Gasteiger partial charge < -0.3 is 14.7 Å². The van der Waals surface area contributed by atoms with Gasteiger partial charge in [-0.15, -0.1) is 0 Å². The second-order valence-electron chi connectivity index (χ2n) is 11.8. The maximum absolute atomic E-state index is 13.9. The monoisotopic (exact) mass is 692 g/mol. The van der Waals surface area contributed by atoms with Gasteiger partial charge in [0.25, 0.3) is 5.91 Å². The summed E-state index contributed by atoms with van der Waals surface area (Å²) < 4.78 is 97.0. The van der Waals surface area contributed by atoms with Gasteiger partial charge in [-0.2, -0.15) is 13.2 Å². The maximum atomic E-state index is 13.9. The largest absolute Gasteiger partial charge is 0.417 e. The number of benzene rings is 3. The second-order valence-corrected chi connectivity index (χ2v) is 15.4. The molecule has 47 heavy (non-hydrogen) atoms. The van der Waals surface area contributed by atoms with Crippen LogP contribution in [0.15, 0.2) is 87.5 Å². The third-order valence-electron chi connectivity index (χ3n) is 8.47. The summed E-state index contributed by atoms with van der Waals surface area (Å²) in [6.45, 7) is 0.662. The molecule has 1 atom stereocenters. The summed E-state index contributed by atoms with van der Waals surface area (Å²) in [5, 5.41) is 0. The van der Waals surface area contributed by atoms with Gasteiger partial charge in [0.1, 0.15) is 6.04 Å². The zero-order valence-electron chi connectivity index (χ0n) is 25.8. The number of nitrogens with zero attached hydrogens (tertiary/aromatic N) is 3. The second kappa shape index (κ2) is 13.3. The van der Waals surface area contributed by atoms with Gasteiger partial charge in [0, 0.05) is 51.0 Å². The quantitative estimate of drug-likeness (QED) is 0.376. The van der Waals surface area contributed by atoms with Crippen LogP contribution in [-0.4, -0.2) is 84.3 Å². The summed E-state index contributed by atoms with van der Waals surface area (Å²) >= 11 is 0. The Morgan fingerprint density at radius 1 is 0.830 bits per heavy atom. The topological polar surface area (TPSA) is 124 Å². The number of sulfone groups is 1. The van der Waals surface area contributed by atoms with Crippen LogP contribution in [0.5, 0.6) is 0 Å². The Kier molecular flexibility index (Phi) is 9.71. The van der Waals surface area contributed by atoms with E-state index in [1.165, 1.54) is 24.3 Å². The Hall–Kier alpha value is -3.95. The molecule has 0 unspecified atom stereocenters. The lowest BCUT2D eigenvalue weighted by molar-refractivity contribution is -0.140. The Labute approximate surface area is 272 Å². The first-order valence-corrected chi connectivity index (χ1v) is 18.0. The predicted molar refractivity (Wildman–Crippen MR) is 168 cm³/mol. The van der Waals surface area contributed by atoms with Crippen molar-refractivity contribution in [3.05, 3.63) is 83.9 Å². The number of anilines is 1. The van der Waals surface area contributed by atoms with E-state index in [4.69, 9.17) is 0 Å². The molecule has 10 nitrogen and oxygen atoms in total. The van der Waals surface area contributed by atoms with Gasteiger partial charge in [0.05, 0.1) is 20.2 Å². The van der Waals surface area contributed by atoms with Gasteiger partial charge in [0.15, 0.2) is 0 Å². The highest BCUT2D eigenvalue weighted by atomic mass is 32.2. The van der Waals surface area contributed by atoms with E-state index in [1.807, 2.05) is 31.1 Å². The highest BCUT2D eigenvalue weighted by Crippen LogP contribution is 2.37. The number of nitrogens with one attached hydrogen (secondary N) is 1. The third kappa shape index (κ3) is 7.31. The molecule has 1 N–H and O–H groups in total. The predicted octanol–water partition coefficient (Wildman–Crippen LogP) is 4.18. The standard InChI is InChI=1S/C32H35F3N4O6S2/c1-37(2)24-12-10-22(11-13-24)30(40)39-18-6-9-28(39)31(41)38-19-16-23(17-20-38)36-47(44,45)29-21-26(14-15-27(29)32(33,34)35)46(42,43)25-7-4-3-5-8-25/h3-5,7-8,10-15,21,23,28,36H,6,9,16-20H2,1-2H3/t28-/m0/s1. The molecule has 0 aliphatic carbocycles. The van der Waals surface area contributed by atoms with Crippen molar-refractivity contribution in [3.63, 3.8) is 0 Å². The van der Waals surface area contributed by atoms with Crippen molar-refractivity contribution in [3.8, 4) is 0 Å². The lowest BCUT2D eigenvalue weighted by atomic mass is 10.0. The van der Waals surface area contributed by atoms with E-state index in [9.17, 15) is 39.6 Å². The minimum absolute atomic E-state index is 0.112. The molecule has 2 saturated heterocycles. The van der Waals surface area contributed by atoms with Crippen molar-refractivity contribution in [1.29, 1.82) is 0 Å². The van der Waals surface area contributed by atoms with Crippen LogP contribution in [0, 0.1) is 0 Å². The van der Waals surface area contributed by atoms with Crippen molar-refractivity contribution in [1.82, 2.24) is 14.5 Å². The van der Waals surface area contributed by atoms with E-state index >= 15 is 0 Å². The summed E-state index contributed by atoms with van der Waals surface area (Å²) in [4.78, 5) is 29.8. The first kappa shape index (κ1) is 34.4. The molecule has 2 heterocycles. The highest BCUT2D eigenvalue weighted by molar-refractivity contribution is 7.91.